The fraction of sp³-hybridized carbons (Fsp3) is 0.800. The Morgan fingerprint density at radius 2 is 1.56 bits per heavy atom. The molecule has 1 aliphatic carbocycles. The fourth-order valence-electron chi connectivity index (χ4n) is 2.74. The van der Waals surface area contributed by atoms with Crippen molar-refractivity contribution >= 4 is 12.2 Å². The zero-order valence-electron chi connectivity index (χ0n) is 17.8. The van der Waals surface area contributed by atoms with E-state index >= 15 is 0 Å². The number of carbonyl (C=O) groups is 2. The molecule has 2 N–H and O–H groups in total. The number of rotatable bonds is 4. The zero-order valence-corrected chi connectivity index (χ0v) is 17.8. The first-order chi connectivity index (χ1) is 12.4. The largest absolute Gasteiger partial charge is 0.442 e. The van der Waals surface area contributed by atoms with E-state index in [2.05, 4.69) is 10.6 Å². The predicted octanol–water partition coefficient (Wildman–Crippen LogP) is 3.92. The molecule has 2 amide bonds. The van der Waals surface area contributed by atoms with E-state index in [-0.39, 0.29) is 23.3 Å². The molecule has 27 heavy (non-hydrogen) atoms. The van der Waals surface area contributed by atoms with Gasteiger partial charge in [0.15, 0.2) is 0 Å². The molecule has 0 radical (unpaired) electrons. The van der Waals surface area contributed by atoms with Crippen LogP contribution in [0, 0.1) is 0 Å². The predicted molar refractivity (Wildman–Crippen MR) is 105 cm³/mol. The molecule has 0 aromatic heterocycles. The van der Waals surface area contributed by atoms with Gasteiger partial charge >= 0.3 is 12.2 Å². The van der Waals surface area contributed by atoms with Gasteiger partial charge < -0.3 is 24.8 Å². The van der Waals surface area contributed by atoms with E-state index < -0.39 is 18.3 Å². The average Bonchev–Trinajstić information content (AvgIpc) is 2.44. The van der Waals surface area contributed by atoms with Gasteiger partial charge in [-0.2, -0.15) is 0 Å². The molecule has 7 nitrogen and oxygen atoms in total. The first kappa shape index (κ1) is 23.3. The minimum absolute atomic E-state index is 0.109. The Morgan fingerprint density at radius 1 is 0.963 bits per heavy atom. The lowest BCUT2D eigenvalue weighted by Crippen LogP contribution is -2.43. The van der Waals surface area contributed by atoms with E-state index in [1.165, 1.54) is 0 Å². The number of nitrogens with one attached hydrogen (secondary N) is 2. The molecule has 0 fully saturated rings. The van der Waals surface area contributed by atoms with Crippen LogP contribution in [0.25, 0.3) is 0 Å². The van der Waals surface area contributed by atoms with Crippen molar-refractivity contribution in [3.63, 3.8) is 0 Å². The van der Waals surface area contributed by atoms with Gasteiger partial charge in [-0.3, -0.25) is 0 Å². The Hall–Kier alpha value is -1.76. The van der Waals surface area contributed by atoms with Gasteiger partial charge in [0.2, 0.25) is 0 Å². The van der Waals surface area contributed by atoms with Crippen LogP contribution < -0.4 is 10.6 Å². The second-order valence-electron chi connectivity index (χ2n) is 8.84. The van der Waals surface area contributed by atoms with Crippen molar-refractivity contribution in [2.24, 2.45) is 0 Å². The van der Waals surface area contributed by atoms with Crippen LogP contribution in [0.5, 0.6) is 0 Å². The van der Waals surface area contributed by atoms with Crippen molar-refractivity contribution in [2.75, 3.05) is 6.54 Å². The van der Waals surface area contributed by atoms with Gasteiger partial charge in [-0.15, -0.1) is 0 Å². The molecule has 3 unspecified atom stereocenters. The molecule has 1 aliphatic rings. The number of hydrogen-bond donors (Lipinski definition) is 2. The molecule has 0 saturated carbocycles. The van der Waals surface area contributed by atoms with Crippen LogP contribution in [0.3, 0.4) is 0 Å². The molecular weight excluding hydrogens is 348 g/mol. The summed E-state index contributed by atoms with van der Waals surface area (Å²) in [5.74, 6) is 0. The highest BCUT2D eigenvalue weighted by atomic mass is 16.6. The third-order valence-corrected chi connectivity index (χ3v) is 3.64. The number of carbonyl (C=O) groups excluding carboxylic acids is 2. The van der Waals surface area contributed by atoms with Crippen molar-refractivity contribution in [1.82, 2.24) is 10.6 Å². The summed E-state index contributed by atoms with van der Waals surface area (Å²) in [6.07, 6.45) is 3.59. The van der Waals surface area contributed by atoms with Crippen LogP contribution in [0.1, 0.15) is 67.7 Å². The summed E-state index contributed by atoms with van der Waals surface area (Å²) in [5.41, 5.74) is -0.699. The lowest BCUT2D eigenvalue weighted by atomic mass is 9.98. The minimum Gasteiger partial charge on any atom is -0.442 e. The summed E-state index contributed by atoms with van der Waals surface area (Å²) in [6.45, 7) is 14.0. The molecule has 0 aromatic rings. The van der Waals surface area contributed by atoms with Gasteiger partial charge in [0, 0.05) is 18.5 Å². The van der Waals surface area contributed by atoms with E-state index in [9.17, 15) is 9.59 Å². The minimum atomic E-state index is -0.478. The highest BCUT2D eigenvalue weighted by molar-refractivity contribution is 5.68. The van der Waals surface area contributed by atoms with Crippen LogP contribution >= 0.6 is 0 Å². The molecule has 7 heteroatoms. The highest BCUT2D eigenvalue weighted by Gasteiger charge is 2.28. The van der Waals surface area contributed by atoms with Gasteiger partial charge in [0.25, 0.3) is 0 Å². The maximum atomic E-state index is 12.2. The quantitative estimate of drug-likeness (QED) is 0.718. The van der Waals surface area contributed by atoms with Crippen molar-refractivity contribution in [1.29, 1.82) is 0 Å². The third kappa shape index (κ3) is 10.9. The summed E-state index contributed by atoms with van der Waals surface area (Å²) in [6, 6.07) is 0. The summed E-state index contributed by atoms with van der Waals surface area (Å²) < 4.78 is 17.1. The second-order valence-corrected chi connectivity index (χ2v) is 8.84. The maximum absolute atomic E-state index is 12.2. The Morgan fingerprint density at radius 3 is 2.11 bits per heavy atom. The number of amides is 2. The van der Waals surface area contributed by atoms with Gasteiger partial charge in [0.05, 0.1) is 11.7 Å². The lowest BCUT2D eigenvalue weighted by Gasteiger charge is -2.32. The van der Waals surface area contributed by atoms with Gasteiger partial charge in [-0.25, -0.2) is 9.59 Å². The van der Waals surface area contributed by atoms with Crippen molar-refractivity contribution < 1.29 is 23.8 Å². The summed E-state index contributed by atoms with van der Waals surface area (Å²) >= 11 is 0. The van der Waals surface area contributed by atoms with Crippen molar-refractivity contribution in [3.05, 3.63) is 12.2 Å². The molecule has 3 atom stereocenters. The topological polar surface area (TPSA) is 85.9 Å². The van der Waals surface area contributed by atoms with Crippen molar-refractivity contribution in [2.45, 2.75) is 97.2 Å². The molecule has 156 valence electrons. The molecule has 1 rings (SSSR count). The van der Waals surface area contributed by atoms with Crippen molar-refractivity contribution in [3.8, 4) is 0 Å². The van der Waals surface area contributed by atoms with Crippen LogP contribution in [-0.4, -0.2) is 48.2 Å². The molecule has 0 aromatic carbocycles. The Kier molecular flexibility index (Phi) is 8.59. The first-order valence-electron chi connectivity index (χ1n) is 9.67. The van der Waals surface area contributed by atoms with E-state index in [4.69, 9.17) is 14.2 Å². The van der Waals surface area contributed by atoms with Crippen LogP contribution in [-0.2, 0) is 14.2 Å². The molecule has 0 saturated heterocycles. The molecule has 0 heterocycles. The molecule has 0 aliphatic heterocycles. The van der Waals surface area contributed by atoms with Gasteiger partial charge in [0.1, 0.15) is 12.2 Å². The zero-order chi connectivity index (χ0) is 20.7. The SMILES string of the molecule is CCNC(=O)OC1/C=C/C(OC(=O)NC(C)(C)C)CC(OC(C)(C)C)CC1. The first-order valence-corrected chi connectivity index (χ1v) is 9.67. The standard InChI is InChI=1S/C20H36N2O5/c1-8-21-17(23)25-14-9-11-15(26-18(24)22-19(2,3)4)13-16(12-10-14)27-20(5,6)7/h9,11,14-16H,8,10,12-13H2,1-7H3,(H,21,23)(H,22,24)/b11-9+. The Labute approximate surface area is 163 Å². The molecule has 0 spiro atoms. The van der Waals surface area contributed by atoms with Crippen LogP contribution in [0.4, 0.5) is 9.59 Å². The number of hydrogen-bond acceptors (Lipinski definition) is 5. The Balaban J connectivity index is 2.85. The lowest BCUT2D eigenvalue weighted by molar-refractivity contribution is -0.0808. The van der Waals surface area contributed by atoms with E-state index in [1.54, 1.807) is 12.2 Å². The summed E-state index contributed by atoms with van der Waals surface area (Å²) in [5, 5.41) is 5.42. The molecular formula is C20H36N2O5. The smallest absolute Gasteiger partial charge is 0.408 e. The maximum Gasteiger partial charge on any atom is 0.408 e. The monoisotopic (exact) mass is 384 g/mol. The van der Waals surface area contributed by atoms with E-state index in [1.807, 2.05) is 48.5 Å². The van der Waals surface area contributed by atoms with Gasteiger partial charge in [-0.1, -0.05) is 0 Å². The summed E-state index contributed by atoms with van der Waals surface area (Å²) in [7, 11) is 0. The highest BCUT2D eigenvalue weighted by Crippen LogP contribution is 2.24. The number of alkyl carbamates (subject to hydrolysis) is 2. The van der Waals surface area contributed by atoms with E-state index in [0.29, 0.717) is 25.8 Å². The molecule has 0 bridgehead atoms. The normalized spacial score (nSPS) is 24.9. The third-order valence-electron chi connectivity index (χ3n) is 3.64. The fourth-order valence-corrected chi connectivity index (χ4v) is 2.74. The summed E-state index contributed by atoms with van der Waals surface area (Å²) in [4.78, 5) is 23.9. The van der Waals surface area contributed by atoms with E-state index in [0.717, 1.165) is 0 Å². The average molecular weight is 385 g/mol. The van der Waals surface area contributed by atoms with Gasteiger partial charge in [-0.05, 0) is 73.5 Å². The second kappa shape index (κ2) is 9.97. The Bertz CT molecular complexity index is 519. The van der Waals surface area contributed by atoms with Crippen LogP contribution in [0.2, 0.25) is 0 Å². The van der Waals surface area contributed by atoms with Crippen LogP contribution in [0.15, 0.2) is 12.2 Å². The number of ether oxygens (including phenoxy) is 3.